The maximum absolute atomic E-state index is 12.7. The highest BCUT2D eigenvalue weighted by atomic mass is 16.7. The van der Waals surface area contributed by atoms with Gasteiger partial charge in [0.05, 0.1) is 26.3 Å². The molecule has 0 radical (unpaired) electrons. The van der Waals surface area contributed by atoms with Gasteiger partial charge in [0.15, 0.2) is 11.5 Å². The molecule has 4 rings (SSSR count). The van der Waals surface area contributed by atoms with Crippen LogP contribution in [0.1, 0.15) is 15.9 Å². The molecular weight excluding hydrogens is 388 g/mol. The van der Waals surface area contributed by atoms with Gasteiger partial charge in [-0.1, -0.05) is 0 Å². The minimum atomic E-state index is -0.342. The Hall–Kier alpha value is -3.94. The summed E-state index contributed by atoms with van der Waals surface area (Å²) in [7, 11) is 3.12. The molecule has 0 unspecified atom stereocenters. The number of hydrogen-bond acceptors (Lipinski definition) is 6. The molecule has 1 aliphatic rings. The second kappa shape index (κ2) is 8.20. The number of aromatic nitrogens is 1. The van der Waals surface area contributed by atoms with Gasteiger partial charge in [-0.3, -0.25) is 9.59 Å². The molecule has 0 aliphatic carbocycles. The zero-order valence-corrected chi connectivity index (χ0v) is 16.5. The van der Waals surface area contributed by atoms with Crippen LogP contribution in [-0.2, 0) is 6.54 Å². The van der Waals surface area contributed by atoms with Crippen LogP contribution in [0.5, 0.6) is 23.0 Å². The summed E-state index contributed by atoms with van der Waals surface area (Å²) in [6.45, 7) is 0.421. The molecule has 1 N–H and O–H groups in total. The summed E-state index contributed by atoms with van der Waals surface area (Å²) in [5.41, 5.74) is 1.50. The summed E-state index contributed by atoms with van der Waals surface area (Å²) < 4.78 is 22.6. The molecule has 0 saturated carbocycles. The van der Waals surface area contributed by atoms with Gasteiger partial charge in [-0.05, 0) is 35.9 Å². The molecule has 0 atom stereocenters. The standard InChI is InChI=1S/C22H20N2O6/c1-27-17-7-14(8-18(10-17)28-2)11-24-12-15(3-6-21(24)25)22(26)23-16-4-5-19-20(9-16)30-13-29-19/h3-10,12H,11,13H2,1-2H3,(H,23,26). The highest BCUT2D eigenvalue weighted by Crippen LogP contribution is 2.34. The van der Waals surface area contributed by atoms with E-state index in [1.165, 1.54) is 22.9 Å². The highest BCUT2D eigenvalue weighted by Gasteiger charge is 2.15. The van der Waals surface area contributed by atoms with Crippen LogP contribution < -0.4 is 29.8 Å². The lowest BCUT2D eigenvalue weighted by molar-refractivity contribution is 0.102. The topological polar surface area (TPSA) is 88.0 Å². The number of benzene rings is 2. The third-order valence-corrected chi connectivity index (χ3v) is 4.64. The van der Waals surface area contributed by atoms with Crippen LogP contribution in [0.4, 0.5) is 5.69 Å². The number of carbonyl (C=O) groups excluding carboxylic acids is 1. The number of rotatable bonds is 6. The zero-order valence-electron chi connectivity index (χ0n) is 16.5. The molecule has 1 amide bonds. The lowest BCUT2D eigenvalue weighted by Gasteiger charge is -2.12. The van der Waals surface area contributed by atoms with Gasteiger partial charge >= 0.3 is 0 Å². The van der Waals surface area contributed by atoms with Gasteiger partial charge in [0.2, 0.25) is 6.79 Å². The fraction of sp³-hybridized carbons (Fsp3) is 0.182. The summed E-state index contributed by atoms with van der Waals surface area (Å²) in [4.78, 5) is 25.0. The first-order valence-corrected chi connectivity index (χ1v) is 9.19. The molecule has 0 saturated heterocycles. The van der Waals surface area contributed by atoms with E-state index in [1.807, 2.05) is 12.1 Å². The van der Waals surface area contributed by atoms with E-state index in [2.05, 4.69) is 5.32 Å². The Morgan fingerprint density at radius 2 is 1.73 bits per heavy atom. The number of fused-ring (bicyclic) bond motifs is 1. The van der Waals surface area contributed by atoms with Crippen molar-refractivity contribution in [1.29, 1.82) is 0 Å². The molecule has 0 fully saturated rings. The number of amides is 1. The average molecular weight is 408 g/mol. The number of ether oxygens (including phenoxy) is 4. The minimum Gasteiger partial charge on any atom is -0.497 e. The summed E-state index contributed by atoms with van der Waals surface area (Å²) >= 11 is 0. The summed E-state index contributed by atoms with van der Waals surface area (Å²) in [5, 5.41) is 2.81. The van der Waals surface area contributed by atoms with Crippen LogP contribution in [0.3, 0.4) is 0 Å². The van der Waals surface area contributed by atoms with E-state index in [1.54, 1.807) is 38.5 Å². The number of nitrogens with zero attached hydrogens (tertiary/aromatic N) is 1. The van der Waals surface area contributed by atoms with E-state index in [9.17, 15) is 9.59 Å². The van der Waals surface area contributed by atoms with Gasteiger partial charge in [0.1, 0.15) is 11.5 Å². The molecule has 0 bridgehead atoms. The highest BCUT2D eigenvalue weighted by molar-refractivity contribution is 6.04. The van der Waals surface area contributed by atoms with E-state index in [-0.39, 0.29) is 24.8 Å². The first kappa shape index (κ1) is 19.4. The first-order chi connectivity index (χ1) is 14.6. The largest absolute Gasteiger partial charge is 0.497 e. The van der Waals surface area contributed by atoms with E-state index in [0.717, 1.165) is 5.56 Å². The smallest absolute Gasteiger partial charge is 0.257 e. The fourth-order valence-corrected chi connectivity index (χ4v) is 3.12. The molecule has 154 valence electrons. The van der Waals surface area contributed by atoms with Crippen molar-refractivity contribution in [2.24, 2.45) is 0 Å². The Morgan fingerprint density at radius 3 is 2.47 bits per heavy atom. The Balaban J connectivity index is 1.56. The third-order valence-electron chi connectivity index (χ3n) is 4.64. The Kier molecular flexibility index (Phi) is 5.30. The molecule has 1 aromatic heterocycles. The second-order valence-corrected chi connectivity index (χ2v) is 6.63. The van der Waals surface area contributed by atoms with Gasteiger partial charge in [0, 0.05) is 30.1 Å². The molecule has 30 heavy (non-hydrogen) atoms. The van der Waals surface area contributed by atoms with E-state index in [4.69, 9.17) is 18.9 Å². The van der Waals surface area contributed by atoms with Crippen molar-refractivity contribution in [2.75, 3.05) is 26.3 Å². The molecular formula is C22H20N2O6. The zero-order chi connectivity index (χ0) is 21.1. The molecule has 1 aliphatic heterocycles. The maximum Gasteiger partial charge on any atom is 0.257 e. The van der Waals surface area contributed by atoms with Gasteiger partial charge in [-0.25, -0.2) is 0 Å². The normalized spacial score (nSPS) is 11.8. The summed E-state index contributed by atoms with van der Waals surface area (Å²) in [6.07, 6.45) is 1.52. The number of methoxy groups -OCH3 is 2. The van der Waals surface area contributed by atoms with Crippen LogP contribution in [-0.4, -0.2) is 31.5 Å². The molecule has 3 aromatic rings. The van der Waals surface area contributed by atoms with Crippen LogP contribution in [0, 0.1) is 0 Å². The van der Waals surface area contributed by atoms with E-state index >= 15 is 0 Å². The van der Waals surface area contributed by atoms with Crippen molar-refractivity contribution >= 4 is 11.6 Å². The van der Waals surface area contributed by atoms with Crippen molar-refractivity contribution < 1.29 is 23.7 Å². The number of hydrogen-bond donors (Lipinski definition) is 1. The number of nitrogens with one attached hydrogen (secondary N) is 1. The number of carbonyl (C=O) groups is 1. The van der Waals surface area contributed by atoms with Gasteiger partial charge in [0.25, 0.3) is 11.5 Å². The molecule has 2 aromatic carbocycles. The minimum absolute atomic E-state index is 0.159. The molecule has 8 nitrogen and oxygen atoms in total. The Labute approximate surface area is 172 Å². The van der Waals surface area contributed by atoms with Crippen LogP contribution >= 0.6 is 0 Å². The maximum atomic E-state index is 12.7. The quantitative estimate of drug-likeness (QED) is 0.675. The summed E-state index contributed by atoms with van der Waals surface area (Å²) in [5.74, 6) is 2.11. The predicted octanol–water partition coefficient (Wildman–Crippen LogP) is 2.89. The number of pyridine rings is 1. The predicted molar refractivity (Wildman–Crippen MR) is 110 cm³/mol. The van der Waals surface area contributed by atoms with Gasteiger partial charge in [-0.2, -0.15) is 0 Å². The van der Waals surface area contributed by atoms with Crippen molar-refractivity contribution in [3.05, 3.63) is 76.2 Å². The molecule has 2 heterocycles. The SMILES string of the molecule is COc1cc(Cn2cc(C(=O)Nc3ccc4c(c3)OCO4)ccc2=O)cc(OC)c1. The fourth-order valence-electron chi connectivity index (χ4n) is 3.12. The average Bonchev–Trinajstić information content (AvgIpc) is 3.22. The lowest BCUT2D eigenvalue weighted by Crippen LogP contribution is -2.22. The number of anilines is 1. The van der Waals surface area contributed by atoms with Crippen LogP contribution in [0.25, 0.3) is 0 Å². The lowest BCUT2D eigenvalue weighted by atomic mass is 10.2. The second-order valence-electron chi connectivity index (χ2n) is 6.63. The third kappa shape index (κ3) is 4.07. The van der Waals surface area contributed by atoms with Crippen molar-refractivity contribution in [3.63, 3.8) is 0 Å². The van der Waals surface area contributed by atoms with Gasteiger partial charge < -0.3 is 28.8 Å². The summed E-state index contributed by atoms with van der Waals surface area (Å²) in [6, 6.07) is 13.4. The Bertz CT molecular complexity index is 1130. The van der Waals surface area contributed by atoms with Crippen molar-refractivity contribution in [2.45, 2.75) is 6.54 Å². The Morgan fingerprint density at radius 1 is 1.00 bits per heavy atom. The van der Waals surface area contributed by atoms with Crippen LogP contribution in [0.15, 0.2) is 59.5 Å². The van der Waals surface area contributed by atoms with Crippen LogP contribution in [0.2, 0.25) is 0 Å². The van der Waals surface area contributed by atoms with E-state index in [0.29, 0.717) is 34.2 Å². The molecule has 8 heteroatoms. The van der Waals surface area contributed by atoms with Crippen molar-refractivity contribution in [3.8, 4) is 23.0 Å². The first-order valence-electron chi connectivity index (χ1n) is 9.19. The monoisotopic (exact) mass is 408 g/mol. The van der Waals surface area contributed by atoms with Crippen molar-refractivity contribution in [1.82, 2.24) is 4.57 Å². The molecule has 0 spiro atoms. The van der Waals surface area contributed by atoms with Gasteiger partial charge in [-0.15, -0.1) is 0 Å². The van der Waals surface area contributed by atoms with E-state index < -0.39 is 0 Å².